The molecule has 7 heteroatoms. The molecule has 2 rings (SSSR count). The second-order valence-electron chi connectivity index (χ2n) is 4.12. The van der Waals surface area contributed by atoms with Crippen LogP contribution in [0.4, 0.5) is 11.4 Å². The van der Waals surface area contributed by atoms with E-state index in [1.807, 2.05) is 0 Å². The second kappa shape index (κ2) is 5.36. The van der Waals surface area contributed by atoms with Crippen LogP contribution in [0.2, 0.25) is 0 Å². The second-order valence-corrected chi connectivity index (χ2v) is 5.68. The van der Waals surface area contributed by atoms with Gasteiger partial charge in [0.05, 0.1) is 4.92 Å². The molecule has 1 aliphatic heterocycles. The maximum atomic E-state index is 11.9. The molecule has 1 saturated heterocycles. The summed E-state index contributed by atoms with van der Waals surface area (Å²) in [6, 6.07) is 4.73. The first-order valence-electron chi connectivity index (χ1n) is 5.33. The van der Waals surface area contributed by atoms with Gasteiger partial charge in [-0.25, -0.2) is 0 Å². The Hall–Kier alpha value is -0.950. The number of nitrogens with zero attached hydrogens (tertiary/aromatic N) is 2. The predicted molar refractivity (Wildman–Crippen MR) is 75.1 cm³/mol. The van der Waals surface area contributed by atoms with Gasteiger partial charge in [-0.05, 0) is 18.1 Å². The molecule has 0 bridgehead atoms. The fourth-order valence-corrected chi connectivity index (χ4v) is 2.77. The molecule has 1 atom stereocenters. The SMILES string of the molecule is O=C1CC(CBr)CN1c1ccc(Br)cc1[N+](=O)[O-]. The maximum Gasteiger partial charge on any atom is 0.294 e. The third-order valence-corrected chi connectivity index (χ3v) is 4.26. The molecule has 0 N–H and O–H groups in total. The van der Waals surface area contributed by atoms with Crippen LogP contribution in [0.1, 0.15) is 6.42 Å². The van der Waals surface area contributed by atoms with E-state index in [1.165, 1.54) is 11.0 Å². The lowest BCUT2D eigenvalue weighted by Crippen LogP contribution is -2.25. The van der Waals surface area contributed by atoms with Gasteiger partial charge in [0, 0.05) is 28.8 Å². The van der Waals surface area contributed by atoms with Crippen molar-refractivity contribution in [2.24, 2.45) is 5.92 Å². The first kappa shape index (κ1) is 13.5. The number of carbonyl (C=O) groups is 1. The summed E-state index contributed by atoms with van der Waals surface area (Å²) in [4.78, 5) is 23.9. The summed E-state index contributed by atoms with van der Waals surface area (Å²) >= 11 is 6.54. The molecule has 1 fully saturated rings. The Labute approximate surface area is 121 Å². The summed E-state index contributed by atoms with van der Waals surface area (Å²) < 4.78 is 0.627. The number of benzene rings is 1. The van der Waals surface area contributed by atoms with Crippen LogP contribution in [0.25, 0.3) is 0 Å². The van der Waals surface area contributed by atoms with E-state index in [2.05, 4.69) is 31.9 Å². The van der Waals surface area contributed by atoms with Crippen LogP contribution in [0, 0.1) is 16.0 Å². The molecule has 1 aromatic carbocycles. The highest BCUT2D eigenvalue weighted by molar-refractivity contribution is 9.10. The number of amides is 1. The Morgan fingerprint density at radius 1 is 1.50 bits per heavy atom. The van der Waals surface area contributed by atoms with Gasteiger partial charge in [0.15, 0.2) is 0 Å². The molecule has 0 saturated carbocycles. The van der Waals surface area contributed by atoms with E-state index in [1.54, 1.807) is 12.1 Å². The van der Waals surface area contributed by atoms with Crippen molar-refractivity contribution in [2.45, 2.75) is 6.42 Å². The van der Waals surface area contributed by atoms with Crippen LogP contribution >= 0.6 is 31.9 Å². The first-order valence-corrected chi connectivity index (χ1v) is 7.24. The van der Waals surface area contributed by atoms with Crippen LogP contribution < -0.4 is 4.90 Å². The van der Waals surface area contributed by atoms with Crippen LogP contribution in [0.5, 0.6) is 0 Å². The smallest absolute Gasteiger partial charge is 0.294 e. The zero-order valence-corrected chi connectivity index (χ0v) is 12.5. The number of hydrogen-bond donors (Lipinski definition) is 0. The molecule has 1 amide bonds. The number of carbonyl (C=O) groups excluding carboxylic acids is 1. The minimum Gasteiger partial charge on any atom is -0.306 e. The first-order chi connectivity index (χ1) is 8.52. The summed E-state index contributed by atoms with van der Waals surface area (Å²) in [5.74, 6) is 0.144. The molecule has 1 aliphatic rings. The molecule has 1 heterocycles. The minimum atomic E-state index is -0.463. The highest BCUT2D eigenvalue weighted by atomic mass is 79.9. The Kier molecular flexibility index (Phi) is 4.01. The van der Waals surface area contributed by atoms with Crippen LogP contribution in [0.15, 0.2) is 22.7 Å². The number of halogens is 2. The predicted octanol–water partition coefficient (Wildman–Crippen LogP) is 3.11. The van der Waals surface area contributed by atoms with Crippen molar-refractivity contribution in [3.8, 4) is 0 Å². The lowest BCUT2D eigenvalue weighted by Gasteiger charge is -2.16. The summed E-state index contributed by atoms with van der Waals surface area (Å²) in [5.41, 5.74) is 0.324. The maximum absolute atomic E-state index is 11.9. The van der Waals surface area contributed by atoms with Crippen molar-refractivity contribution in [1.82, 2.24) is 0 Å². The van der Waals surface area contributed by atoms with E-state index >= 15 is 0 Å². The van der Waals surface area contributed by atoms with Crippen molar-refractivity contribution in [3.05, 3.63) is 32.8 Å². The van der Waals surface area contributed by atoms with Gasteiger partial charge in [0.2, 0.25) is 5.91 Å². The Morgan fingerprint density at radius 3 is 2.78 bits per heavy atom. The third kappa shape index (κ3) is 2.56. The summed E-state index contributed by atoms with van der Waals surface area (Å²) in [6.07, 6.45) is 0.429. The van der Waals surface area contributed by atoms with Gasteiger partial charge in [0.25, 0.3) is 5.69 Å². The Bertz CT molecular complexity index is 507. The molecule has 1 unspecified atom stereocenters. The molecule has 0 aliphatic carbocycles. The number of nitro groups is 1. The van der Waals surface area contributed by atoms with Gasteiger partial charge < -0.3 is 4.90 Å². The number of nitro benzene ring substituents is 1. The zero-order chi connectivity index (χ0) is 13.3. The monoisotopic (exact) mass is 376 g/mol. The van der Waals surface area contributed by atoms with Gasteiger partial charge in [-0.1, -0.05) is 31.9 Å². The van der Waals surface area contributed by atoms with Crippen LogP contribution in [-0.2, 0) is 4.79 Å². The standard InChI is InChI=1S/C11H10Br2N2O3/c12-5-7-3-11(16)14(6-7)9-2-1-8(13)4-10(9)15(17)18/h1-2,4,7H,3,5-6H2. The quantitative estimate of drug-likeness (QED) is 0.462. The Morgan fingerprint density at radius 2 is 2.22 bits per heavy atom. The fraction of sp³-hybridized carbons (Fsp3) is 0.364. The number of hydrogen-bond acceptors (Lipinski definition) is 3. The fourth-order valence-electron chi connectivity index (χ4n) is 1.99. The minimum absolute atomic E-state index is 0.0482. The molecule has 0 radical (unpaired) electrons. The highest BCUT2D eigenvalue weighted by Gasteiger charge is 2.33. The van der Waals surface area contributed by atoms with Crippen LogP contribution in [0.3, 0.4) is 0 Å². The normalized spacial score (nSPS) is 19.3. The number of anilines is 1. The summed E-state index contributed by atoms with van der Waals surface area (Å²) in [5, 5.41) is 11.7. The summed E-state index contributed by atoms with van der Waals surface area (Å²) in [7, 11) is 0. The van der Waals surface area contributed by atoms with Crippen molar-refractivity contribution < 1.29 is 9.72 Å². The topological polar surface area (TPSA) is 63.5 Å². The average molecular weight is 378 g/mol. The van der Waals surface area contributed by atoms with Crippen molar-refractivity contribution >= 4 is 49.1 Å². The highest BCUT2D eigenvalue weighted by Crippen LogP contribution is 2.35. The molecular formula is C11H10Br2N2O3. The molecule has 1 aromatic rings. The lowest BCUT2D eigenvalue weighted by molar-refractivity contribution is -0.384. The van der Waals surface area contributed by atoms with Gasteiger partial charge in [-0.15, -0.1) is 0 Å². The molecule has 18 heavy (non-hydrogen) atoms. The Balaban J connectivity index is 2.39. The van der Waals surface area contributed by atoms with E-state index in [9.17, 15) is 14.9 Å². The van der Waals surface area contributed by atoms with Gasteiger partial charge in [0.1, 0.15) is 5.69 Å². The molecule has 0 aromatic heterocycles. The van der Waals surface area contributed by atoms with Gasteiger partial charge >= 0.3 is 0 Å². The van der Waals surface area contributed by atoms with Crippen molar-refractivity contribution in [3.63, 3.8) is 0 Å². The van der Waals surface area contributed by atoms with E-state index in [0.717, 1.165) is 5.33 Å². The lowest BCUT2D eigenvalue weighted by atomic mass is 10.2. The van der Waals surface area contributed by atoms with Crippen LogP contribution in [-0.4, -0.2) is 22.7 Å². The van der Waals surface area contributed by atoms with E-state index in [4.69, 9.17) is 0 Å². The largest absolute Gasteiger partial charge is 0.306 e. The van der Waals surface area contributed by atoms with Gasteiger partial charge in [-0.2, -0.15) is 0 Å². The van der Waals surface area contributed by atoms with E-state index < -0.39 is 4.92 Å². The van der Waals surface area contributed by atoms with E-state index in [-0.39, 0.29) is 17.5 Å². The molecular weight excluding hydrogens is 368 g/mol. The van der Waals surface area contributed by atoms with Crippen molar-refractivity contribution in [1.29, 1.82) is 0 Å². The van der Waals surface area contributed by atoms with E-state index in [0.29, 0.717) is 23.1 Å². The molecule has 96 valence electrons. The molecule has 0 spiro atoms. The zero-order valence-electron chi connectivity index (χ0n) is 9.31. The number of rotatable bonds is 3. The average Bonchev–Trinajstić information content (AvgIpc) is 2.70. The van der Waals surface area contributed by atoms with Gasteiger partial charge in [-0.3, -0.25) is 14.9 Å². The summed E-state index contributed by atoms with van der Waals surface area (Å²) in [6.45, 7) is 0.520. The third-order valence-electron chi connectivity index (χ3n) is 2.85. The van der Waals surface area contributed by atoms with Crippen molar-refractivity contribution in [2.75, 3.05) is 16.8 Å². The molecule has 5 nitrogen and oxygen atoms in total. The number of alkyl halides is 1.